The van der Waals surface area contributed by atoms with E-state index in [9.17, 15) is 4.79 Å². The molecule has 20 heavy (non-hydrogen) atoms. The molecular weight excluding hydrogens is 315 g/mol. The summed E-state index contributed by atoms with van der Waals surface area (Å²) in [6.07, 6.45) is 0.530. The molecule has 0 radical (unpaired) electrons. The molecular formula is C14H20Cl2N2OS. The SMILES string of the molecule is CC(NC(=O)CC1CSCCN1)c1ccccc1Cl.Cl. The van der Waals surface area contributed by atoms with Gasteiger partial charge in [-0.05, 0) is 18.6 Å². The molecule has 2 N–H and O–H groups in total. The van der Waals surface area contributed by atoms with E-state index in [4.69, 9.17) is 11.6 Å². The van der Waals surface area contributed by atoms with Crippen LogP contribution in [0.3, 0.4) is 0 Å². The molecule has 2 atom stereocenters. The van der Waals surface area contributed by atoms with Crippen molar-refractivity contribution in [3.63, 3.8) is 0 Å². The summed E-state index contributed by atoms with van der Waals surface area (Å²) in [6, 6.07) is 7.85. The van der Waals surface area contributed by atoms with Crippen molar-refractivity contribution < 1.29 is 4.79 Å². The summed E-state index contributed by atoms with van der Waals surface area (Å²) in [6.45, 7) is 2.95. The van der Waals surface area contributed by atoms with Gasteiger partial charge in [-0.1, -0.05) is 29.8 Å². The molecule has 0 saturated carbocycles. The van der Waals surface area contributed by atoms with E-state index in [1.54, 1.807) is 0 Å². The van der Waals surface area contributed by atoms with Crippen molar-refractivity contribution in [2.24, 2.45) is 0 Å². The normalized spacial score (nSPS) is 19.8. The van der Waals surface area contributed by atoms with Gasteiger partial charge in [0.2, 0.25) is 5.91 Å². The van der Waals surface area contributed by atoms with Crippen LogP contribution < -0.4 is 10.6 Å². The van der Waals surface area contributed by atoms with E-state index in [2.05, 4.69) is 10.6 Å². The largest absolute Gasteiger partial charge is 0.349 e. The van der Waals surface area contributed by atoms with Crippen molar-refractivity contribution in [2.45, 2.75) is 25.4 Å². The Labute approximate surface area is 135 Å². The third-order valence-electron chi connectivity index (χ3n) is 3.18. The van der Waals surface area contributed by atoms with Crippen LogP contribution in [0.2, 0.25) is 5.02 Å². The number of amides is 1. The van der Waals surface area contributed by atoms with Crippen LogP contribution >= 0.6 is 35.8 Å². The van der Waals surface area contributed by atoms with E-state index in [1.807, 2.05) is 43.0 Å². The molecule has 1 aliphatic heterocycles. The Morgan fingerprint density at radius 1 is 1.55 bits per heavy atom. The molecule has 3 nitrogen and oxygen atoms in total. The average molecular weight is 335 g/mol. The first-order chi connectivity index (χ1) is 9.16. The third-order valence-corrected chi connectivity index (χ3v) is 4.65. The summed E-state index contributed by atoms with van der Waals surface area (Å²) in [5.41, 5.74) is 0.962. The van der Waals surface area contributed by atoms with Crippen LogP contribution in [-0.4, -0.2) is 30.0 Å². The number of hydrogen-bond donors (Lipinski definition) is 2. The zero-order valence-corrected chi connectivity index (χ0v) is 13.8. The molecule has 1 fully saturated rings. The van der Waals surface area contributed by atoms with Gasteiger partial charge in [-0.15, -0.1) is 12.4 Å². The first-order valence-corrected chi connectivity index (χ1v) is 8.05. The van der Waals surface area contributed by atoms with E-state index in [0.29, 0.717) is 11.4 Å². The van der Waals surface area contributed by atoms with Crippen LogP contribution in [0.4, 0.5) is 0 Å². The molecule has 0 aliphatic carbocycles. The van der Waals surface area contributed by atoms with Gasteiger partial charge in [0.25, 0.3) is 0 Å². The van der Waals surface area contributed by atoms with E-state index >= 15 is 0 Å². The Balaban J connectivity index is 0.00000200. The Bertz CT molecular complexity index is 439. The third kappa shape index (κ3) is 5.17. The average Bonchev–Trinajstić information content (AvgIpc) is 2.40. The van der Waals surface area contributed by atoms with E-state index in [0.717, 1.165) is 23.6 Å². The van der Waals surface area contributed by atoms with Gasteiger partial charge < -0.3 is 10.6 Å². The molecule has 1 aromatic carbocycles. The van der Waals surface area contributed by atoms with Gasteiger partial charge in [0, 0.05) is 35.5 Å². The molecule has 2 unspecified atom stereocenters. The molecule has 0 bridgehead atoms. The number of nitrogens with one attached hydrogen (secondary N) is 2. The fraction of sp³-hybridized carbons (Fsp3) is 0.500. The summed E-state index contributed by atoms with van der Waals surface area (Å²) in [7, 11) is 0. The van der Waals surface area contributed by atoms with E-state index in [-0.39, 0.29) is 30.4 Å². The van der Waals surface area contributed by atoms with Gasteiger partial charge in [-0.3, -0.25) is 4.79 Å². The summed E-state index contributed by atoms with van der Waals surface area (Å²) >= 11 is 8.03. The Morgan fingerprint density at radius 3 is 2.95 bits per heavy atom. The zero-order chi connectivity index (χ0) is 13.7. The summed E-state index contributed by atoms with van der Waals surface area (Å²) in [5.74, 6) is 2.22. The smallest absolute Gasteiger partial charge is 0.222 e. The quantitative estimate of drug-likeness (QED) is 0.889. The highest BCUT2D eigenvalue weighted by Gasteiger charge is 2.18. The lowest BCUT2D eigenvalue weighted by Crippen LogP contribution is -2.41. The summed E-state index contributed by atoms with van der Waals surface area (Å²) in [5, 5.41) is 7.07. The number of rotatable bonds is 4. The molecule has 112 valence electrons. The lowest BCUT2D eigenvalue weighted by atomic mass is 10.1. The molecule has 1 aliphatic rings. The van der Waals surface area contributed by atoms with Crippen molar-refractivity contribution in [2.75, 3.05) is 18.1 Å². The van der Waals surface area contributed by atoms with Crippen molar-refractivity contribution in [1.29, 1.82) is 0 Å². The van der Waals surface area contributed by atoms with Crippen LogP contribution in [0.25, 0.3) is 0 Å². The maximum absolute atomic E-state index is 12.0. The van der Waals surface area contributed by atoms with Gasteiger partial charge in [-0.25, -0.2) is 0 Å². The van der Waals surface area contributed by atoms with Crippen molar-refractivity contribution in [3.8, 4) is 0 Å². The van der Waals surface area contributed by atoms with Crippen LogP contribution in [-0.2, 0) is 4.79 Å². The molecule has 1 amide bonds. The predicted molar refractivity (Wildman–Crippen MR) is 89.0 cm³/mol. The monoisotopic (exact) mass is 334 g/mol. The van der Waals surface area contributed by atoms with Crippen LogP contribution in [0.1, 0.15) is 24.9 Å². The molecule has 0 spiro atoms. The first kappa shape index (κ1) is 17.6. The Kier molecular flexibility index (Phi) is 7.74. The molecule has 2 rings (SSSR count). The fourth-order valence-electron chi connectivity index (χ4n) is 2.18. The number of benzene rings is 1. The number of carbonyl (C=O) groups is 1. The molecule has 1 heterocycles. The van der Waals surface area contributed by atoms with Gasteiger partial charge >= 0.3 is 0 Å². The molecule has 6 heteroatoms. The highest BCUT2D eigenvalue weighted by atomic mass is 35.5. The Hall–Kier alpha value is -0.420. The van der Waals surface area contributed by atoms with E-state index < -0.39 is 0 Å². The van der Waals surface area contributed by atoms with Gasteiger partial charge in [0.1, 0.15) is 0 Å². The summed E-state index contributed by atoms with van der Waals surface area (Å²) < 4.78 is 0. The van der Waals surface area contributed by atoms with Crippen LogP contribution in [0, 0.1) is 0 Å². The zero-order valence-electron chi connectivity index (χ0n) is 11.4. The molecule has 1 saturated heterocycles. The van der Waals surface area contributed by atoms with Crippen molar-refractivity contribution in [3.05, 3.63) is 34.9 Å². The van der Waals surface area contributed by atoms with Crippen molar-refractivity contribution in [1.82, 2.24) is 10.6 Å². The lowest BCUT2D eigenvalue weighted by molar-refractivity contribution is -0.122. The number of thioether (sulfide) groups is 1. The fourth-order valence-corrected chi connectivity index (χ4v) is 3.43. The minimum Gasteiger partial charge on any atom is -0.349 e. The second-order valence-corrected chi connectivity index (χ2v) is 6.30. The van der Waals surface area contributed by atoms with Gasteiger partial charge in [0.15, 0.2) is 0 Å². The van der Waals surface area contributed by atoms with Gasteiger partial charge in [-0.2, -0.15) is 11.8 Å². The highest BCUT2D eigenvalue weighted by Crippen LogP contribution is 2.22. The molecule has 1 aromatic rings. The maximum atomic E-state index is 12.0. The number of hydrogen-bond acceptors (Lipinski definition) is 3. The van der Waals surface area contributed by atoms with Gasteiger partial charge in [0.05, 0.1) is 6.04 Å². The number of carbonyl (C=O) groups excluding carboxylic acids is 1. The second-order valence-electron chi connectivity index (χ2n) is 4.74. The predicted octanol–water partition coefficient (Wildman–Crippen LogP) is 3.03. The standard InChI is InChI=1S/C14H19ClN2OS.ClH/c1-10(12-4-2-3-5-13(12)15)17-14(18)8-11-9-19-7-6-16-11;/h2-5,10-11,16H,6-9H2,1H3,(H,17,18);1H. The highest BCUT2D eigenvalue weighted by molar-refractivity contribution is 7.99. The number of halogens is 2. The topological polar surface area (TPSA) is 41.1 Å². The first-order valence-electron chi connectivity index (χ1n) is 6.51. The summed E-state index contributed by atoms with van der Waals surface area (Å²) in [4.78, 5) is 12.0. The van der Waals surface area contributed by atoms with Crippen molar-refractivity contribution >= 4 is 41.7 Å². The Morgan fingerprint density at radius 2 is 2.30 bits per heavy atom. The minimum atomic E-state index is -0.0579. The van der Waals surface area contributed by atoms with Crippen LogP contribution in [0.5, 0.6) is 0 Å². The second kappa shape index (κ2) is 8.78. The lowest BCUT2D eigenvalue weighted by Gasteiger charge is -2.23. The van der Waals surface area contributed by atoms with Crippen LogP contribution in [0.15, 0.2) is 24.3 Å². The molecule has 0 aromatic heterocycles. The maximum Gasteiger partial charge on any atom is 0.222 e. The minimum absolute atomic E-state index is 0. The van der Waals surface area contributed by atoms with E-state index in [1.165, 1.54) is 0 Å².